The summed E-state index contributed by atoms with van der Waals surface area (Å²) in [4.78, 5) is 2.37. The quantitative estimate of drug-likeness (QED) is 0.867. The minimum absolute atomic E-state index is 0.815. The zero-order valence-corrected chi connectivity index (χ0v) is 10.7. The first-order valence-corrected chi connectivity index (χ1v) is 6.52. The van der Waals surface area contributed by atoms with Gasteiger partial charge in [0.05, 0.1) is 6.04 Å². The minimum atomic E-state index is -2.34. The van der Waals surface area contributed by atoms with Crippen molar-refractivity contribution in [2.45, 2.75) is 38.8 Å². The summed E-state index contributed by atoms with van der Waals surface area (Å²) in [5, 5.41) is 2.91. The normalized spacial score (nSPS) is 18.2. The predicted molar refractivity (Wildman–Crippen MR) is 70.0 cm³/mol. The molecule has 1 unspecified atom stereocenters. The van der Waals surface area contributed by atoms with E-state index in [2.05, 4.69) is 10.2 Å². The molecule has 0 amide bonds. The molecule has 0 saturated carbocycles. The predicted octanol–water partition coefficient (Wildman–Crippen LogP) is 3.35. The van der Waals surface area contributed by atoms with Crippen LogP contribution in [-0.2, 0) is 6.54 Å². The molecule has 4 heteroatoms. The van der Waals surface area contributed by atoms with E-state index in [9.17, 15) is 8.78 Å². The van der Waals surface area contributed by atoms with Crippen molar-refractivity contribution < 1.29 is 8.78 Å². The van der Waals surface area contributed by atoms with Gasteiger partial charge in [0.2, 0.25) is 0 Å². The number of hydrogen-bond donors (Lipinski definition) is 1. The molecule has 1 atom stereocenters. The van der Waals surface area contributed by atoms with Crippen LogP contribution in [0.2, 0.25) is 0 Å². The fraction of sp³-hybridized carbons (Fsp3) is 0.571. The van der Waals surface area contributed by atoms with E-state index in [4.69, 9.17) is 0 Å². The molecule has 2 nitrogen and oxygen atoms in total. The first-order valence-electron chi connectivity index (χ1n) is 6.52. The zero-order valence-electron chi connectivity index (χ0n) is 10.7. The van der Waals surface area contributed by atoms with Gasteiger partial charge in [-0.3, -0.25) is 4.90 Å². The molecule has 0 aromatic heterocycles. The number of likely N-dealkylation sites (tertiary alicyclic amines) is 1. The van der Waals surface area contributed by atoms with Gasteiger partial charge in [-0.25, -0.2) is 8.78 Å². The zero-order chi connectivity index (χ0) is 13.0. The molecule has 1 aromatic carbocycles. The fourth-order valence-electron chi connectivity index (χ4n) is 2.29. The third-order valence-corrected chi connectivity index (χ3v) is 3.37. The van der Waals surface area contributed by atoms with Gasteiger partial charge in [-0.15, -0.1) is 0 Å². The summed E-state index contributed by atoms with van der Waals surface area (Å²) in [5.74, 6) is 0. The van der Waals surface area contributed by atoms with Crippen LogP contribution in [-0.4, -0.2) is 30.5 Å². The summed E-state index contributed by atoms with van der Waals surface area (Å²) >= 11 is 0. The Morgan fingerprint density at radius 2 is 1.89 bits per heavy atom. The molecule has 0 spiro atoms. The molecule has 18 heavy (non-hydrogen) atoms. The number of nitrogens with zero attached hydrogens (tertiary/aromatic N) is 1. The highest BCUT2D eigenvalue weighted by atomic mass is 19.3. The second-order valence-electron chi connectivity index (χ2n) is 4.91. The Morgan fingerprint density at radius 1 is 1.22 bits per heavy atom. The topological polar surface area (TPSA) is 15.3 Å². The summed E-state index contributed by atoms with van der Waals surface area (Å²) in [6, 6.07) is 6.92. The number of rotatable bonds is 5. The van der Waals surface area contributed by atoms with Gasteiger partial charge in [0.25, 0.3) is 6.43 Å². The average Bonchev–Trinajstić information content (AvgIpc) is 2.84. The van der Waals surface area contributed by atoms with Gasteiger partial charge in [-0.05, 0) is 44.5 Å². The molecule has 0 aliphatic carbocycles. The lowest BCUT2D eigenvalue weighted by Crippen LogP contribution is -2.25. The second kappa shape index (κ2) is 6.14. The van der Waals surface area contributed by atoms with Gasteiger partial charge in [0.15, 0.2) is 0 Å². The monoisotopic (exact) mass is 254 g/mol. The largest absolute Gasteiger partial charge is 0.377 e. The van der Waals surface area contributed by atoms with E-state index in [0.29, 0.717) is 0 Å². The Balaban J connectivity index is 2.04. The van der Waals surface area contributed by atoms with Crippen LogP contribution in [0.1, 0.15) is 25.3 Å². The Morgan fingerprint density at radius 3 is 2.56 bits per heavy atom. The summed E-state index contributed by atoms with van der Waals surface area (Å²) in [5.41, 5.74) is 1.93. The lowest BCUT2D eigenvalue weighted by molar-refractivity contribution is 0.130. The molecule has 1 N–H and O–H groups in total. The number of halogens is 2. The van der Waals surface area contributed by atoms with Crippen LogP contribution in [0.5, 0.6) is 0 Å². The van der Waals surface area contributed by atoms with E-state index in [1.165, 1.54) is 19.8 Å². The molecular weight excluding hydrogens is 234 g/mol. The summed E-state index contributed by atoms with van der Waals surface area (Å²) in [6.07, 6.45) is 0.136. The van der Waals surface area contributed by atoms with Crippen molar-refractivity contribution in [2.24, 2.45) is 0 Å². The molecule has 1 aliphatic heterocycles. The van der Waals surface area contributed by atoms with Crippen molar-refractivity contribution >= 4 is 5.69 Å². The maximum absolute atomic E-state index is 12.6. The molecule has 1 aliphatic rings. The Bertz CT molecular complexity index is 353. The van der Waals surface area contributed by atoms with Gasteiger partial charge in [0.1, 0.15) is 0 Å². The first kappa shape index (κ1) is 13.3. The molecule has 1 heterocycles. The van der Waals surface area contributed by atoms with Crippen molar-refractivity contribution in [2.75, 3.05) is 18.4 Å². The van der Waals surface area contributed by atoms with E-state index in [0.717, 1.165) is 30.9 Å². The number of alkyl halides is 2. The van der Waals surface area contributed by atoms with Crippen molar-refractivity contribution in [1.29, 1.82) is 0 Å². The summed E-state index contributed by atoms with van der Waals surface area (Å²) < 4.78 is 25.2. The van der Waals surface area contributed by atoms with Gasteiger partial charge in [-0.1, -0.05) is 18.2 Å². The lowest BCUT2D eigenvalue weighted by Gasteiger charge is -2.20. The van der Waals surface area contributed by atoms with E-state index in [1.54, 1.807) is 0 Å². The number of nitrogens with one attached hydrogen (secondary N) is 1. The standard InChI is InChI=1S/C14H20F2N2/c1-11(14(15)16)17-13-7-3-2-6-12(13)10-18-8-4-5-9-18/h2-3,6-7,11,14,17H,4-5,8-10H2,1H3. The van der Waals surface area contributed by atoms with Gasteiger partial charge < -0.3 is 5.32 Å². The fourth-order valence-corrected chi connectivity index (χ4v) is 2.29. The number of anilines is 1. The van der Waals surface area contributed by atoms with Crippen LogP contribution in [0, 0.1) is 0 Å². The van der Waals surface area contributed by atoms with Crippen LogP contribution in [0.25, 0.3) is 0 Å². The van der Waals surface area contributed by atoms with Crippen LogP contribution in [0.4, 0.5) is 14.5 Å². The van der Waals surface area contributed by atoms with Crippen molar-refractivity contribution in [1.82, 2.24) is 4.90 Å². The number of para-hydroxylation sites is 1. The molecule has 100 valence electrons. The van der Waals surface area contributed by atoms with Crippen LogP contribution < -0.4 is 5.32 Å². The average molecular weight is 254 g/mol. The summed E-state index contributed by atoms with van der Waals surface area (Å²) in [7, 11) is 0. The van der Waals surface area contributed by atoms with Crippen LogP contribution >= 0.6 is 0 Å². The van der Waals surface area contributed by atoms with Gasteiger partial charge >= 0.3 is 0 Å². The molecule has 1 saturated heterocycles. The highest BCUT2D eigenvalue weighted by Crippen LogP contribution is 2.21. The van der Waals surface area contributed by atoms with E-state index in [1.807, 2.05) is 24.3 Å². The molecule has 1 fully saturated rings. The van der Waals surface area contributed by atoms with Crippen molar-refractivity contribution in [3.8, 4) is 0 Å². The Hall–Kier alpha value is -1.16. The maximum Gasteiger partial charge on any atom is 0.258 e. The van der Waals surface area contributed by atoms with Crippen molar-refractivity contribution in [3.63, 3.8) is 0 Å². The first-order chi connectivity index (χ1) is 8.66. The van der Waals surface area contributed by atoms with E-state index in [-0.39, 0.29) is 0 Å². The van der Waals surface area contributed by atoms with Gasteiger partial charge in [0, 0.05) is 12.2 Å². The highest BCUT2D eigenvalue weighted by Gasteiger charge is 2.17. The smallest absolute Gasteiger partial charge is 0.258 e. The number of benzene rings is 1. The van der Waals surface area contributed by atoms with Crippen LogP contribution in [0.15, 0.2) is 24.3 Å². The third-order valence-electron chi connectivity index (χ3n) is 3.37. The SMILES string of the molecule is CC(Nc1ccccc1CN1CCCC1)C(F)F. The molecule has 0 radical (unpaired) electrons. The third kappa shape index (κ3) is 3.42. The van der Waals surface area contributed by atoms with E-state index >= 15 is 0 Å². The van der Waals surface area contributed by atoms with Gasteiger partial charge in [-0.2, -0.15) is 0 Å². The summed E-state index contributed by atoms with van der Waals surface area (Å²) in [6.45, 7) is 4.58. The van der Waals surface area contributed by atoms with E-state index < -0.39 is 12.5 Å². The maximum atomic E-state index is 12.6. The lowest BCUT2D eigenvalue weighted by atomic mass is 10.1. The molecule has 1 aromatic rings. The Kier molecular flexibility index (Phi) is 4.53. The second-order valence-corrected chi connectivity index (χ2v) is 4.91. The Labute approximate surface area is 107 Å². The number of hydrogen-bond acceptors (Lipinski definition) is 2. The van der Waals surface area contributed by atoms with Crippen LogP contribution in [0.3, 0.4) is 0 Å². The molecular formula is C14H20F2N2. The minimum Gasteiger partial charge on any atom is -0.377 e. The molecule has 2 rings (SSSR count). The molecule has 0 bridgehead atoms. The highest BCUT2D eigenvalue weighted by molar-refractivity contribution is 5.51. The van der Waals surface area contributed by atoms with Crippen molar-refractivity contribution in [3.05, 3.63) is 29.8 Å².